The highest BCUT2D eigenvalue weighted by atomic mass is 15.0. The lowest BCUT2D eigenvalue weighted by molar-refractivity contribution is 0.787. The van der Waals surface area contributed by atoms with Crippen molar-refractivity contribution in [2.75, 3.05) is 11.9 Å². The van der Waals surface area contributed by atoms with E-state index in [1.54, 1.807) is 0 Å². The molecule has 0 saturated heterocycles. The number of unbranched alkanes of at least 4 members (excludes halogenated alkanes) is 2. The third-order valence-corrected chi connectivity index (χ3v) is 1.97. The Labute approximate surface area is 85.8 Å². The lowest BCUT2D eigenvalue weighted by Gasteiger charge is -2.04. The maximum absolute atomic E-state index is 5.16. The van der Waals surface area contributed by atoms with E-state index in [9.17, 15) is 0 Å². The van der Waals surface area contributed by atoms with Crippen molar-refractivity contribution < 1.29 is 0 Å². The second-order valence-electron chi connectivity index (χ2n) is 3.31. The second kappa shape index (κ2) is 6.04. The van der Waals surface area contributed by atoms with Gasteiger partial charge in [-0.05, 0) is 37.5 Å². The maximum atomic E-state index is 5.16. The van der Waals surface area contributed by atoms with Crippen LogP contribution >= 0.6 is 0 Å². The minimum Gasteiger partial charge on any atom is -0.370 e. The minimum absolute atomic E-state index is 0.864. The van der Waals surface area contributed by atoms with E-state index >= 15 is 0 Å². The molecule has 0 fully saturated rings. The van der Waals surface area contributed by atoms with Crippen LogP contribution in [0, 0.1) is 19.3 Å². The number of rotatable bonds is 5. The van der Waals surface area contributed by atoms with E-state index in [4.69, 9.17) is 6.42 Å². The first kappa shape index (κ1) is 10.6. The van der Waals surface area contributed by atoms with Crippen molar-refractivity contribution in [3.63, 3.8) is 0 Å². The molecule has 0 atom stereocenters. The molecule has 0 aliphatic heterocycles. The van der Waals surface area contributed by atoms with Crippen LogP contribution in [-0.4, -0.2) is 11.5 Å². The van der Waals surface area contributed by atoms with E-state index in [1.165, 1.54) is 5.56 Å². The van der Waals surface area contributed by atoms with Gasteiger partial charge < -0.3 is 5.32 Å². The molecular weight excluding hydrogens is 172 g/mol. The number of pyridine rings is 1. The minimum atomic E-state index is 0.864. The standard InChI is InChI=1S/C12H16N2/c1-3-4-5-6-8-13-12-10-11(2)7-9-14-12/h1,7,9-10H,4-6,8H2,2H3,(H,13,14). The largest absolute Gasteiger partial charge is 0.370 e. The molecule has 0 radical (unpaired) electrons. The van der Waals surface area contributed by atoms with Gasteiger partial charge in [0.25, 0.3) is 0 Å². The third-order valence-electron chi connectivity index (χ3n) is 1.97. The van der Waals surface area contributed by atoms with Gasteiger partial charge in [0, 0.05) is 19.2 Å². The number of aryl methyl sites for hydroxylation is 1. The first-order chi connectivity index (χ1) is 6.83. The van der Waals surface area contributed by atoms with Gasteiger partial charge in [-0.3, -0.25) is 0 Å². The molecule has 0 unspecified atom stereocenters. The van der Waals surface area contributed by atoms with Crippen molar-refractivity contribution in [2.45, 2.75) is 26.2 Å². The van der Waals surface area contributed by atoms with Gasteiger partial charge in [-0.2, -0.15) is 0 Å². The molecule has 2 heteroatoms. The van der Waals surface area contributed by atoms with Gasteiger partial charge in [-0.15, -0.1) is 12.3 Å². The zero-order chi connectivity index (χ0) is 10.2. The molecule has 0 aromatic carbocycles. The van der Waals surface area contributed by atoms with Gasteiger partial charge in [0.05, 0.1) is 0 Å². The average molecular weight is 188 g/mol. The van der Waals surface area contributed by atoms with Gasteiger partial charge >= 0.3 is 0 Å². The van der Waals surface area contributed by atoms with Crippen LogP contribution in [0.15, 0.2) is 18.3 Å². The van der Waals surface area contributed by atoms with E-state index in [0.717, 1.165) is 31.6 Å². The smallest absolute Gasteiger partial charge is 0.126 e. The fourth-order valence-corrected chi connectivity index (χ4v) is 1.20. The molecule has 2 nitrogen and oxygen atoms in total. The van der Waals surface area contributed by atoms with E-state index in [1.807, 2.05) is 18.3 Å². The Morgan fingerprint density at radius 3 is 3.07 bits per heavy atom. The van der Waals surface area contributed by atoms with E-state index < -0.39 is 0 Å². The molecule has 0 spiro atoms. The number of nitrogens with zero attached hydrogens (tertiary/aromatic N) is 1. The molecule has 74 valence electrons. The van der Waals surface area contributed by atoms with Crippen molar-refractivity contribution in [3.05, 3.63) is 23.9 Å². The number of terminal acetylenes is 1. The molecule has 1 aromatic rings. The predicted molar refractivity (Wildman–Crippen MR) is 60.1 cm³/mol. The first-order valence-electron chi connectivity index (χ1n) is 4.93. The van der Waals surface area contributed by atoms with Crippen molar-refractivity contribution in [1.29, 1.82) is 0 Å². The highest BCUT2D eigenvalue weighted by Crippen LogP contribution is 2.05. The van der Waals surface area contributed by atoms with Crippen LogP contribution < -0.4 is 5.32 Å². The van der Waals surface area contributed by atoms with Gasteiger partial charge in [0.2, 0.25) is 0 Å². The number of aromatic nitrogens is 1. The van der Waals surface area contributed by atoms with E-state index in [0.29, 0.717) is 0 Å². The van der Waals surface area contributed by atoms with Crippen LogP contribution in [0.1, 0.15) is 24.8 Å². The summed E-state index contributed by atoms with van der Waals surface area (Å²) in [6.07, 6.45) is 10.0. The van der Waals surface area contributed by atoms with Crippen LogP contribution in [0.2, 0.25) is 0 Å². The summed E-state index contributed by atoms with van der Waals surface area (Å²) in [5.74, 6) is 3.58. The second-order valence-corrected chi connectivity index (χ2v) is 3.31. The summed E-state index contributed by atoms with van der Waals surface area (Å²) >= 11 is 0. The summed E-state index contributed by atoms with van der Waals surface area (Å²) in [6.45, 7) is 3.00. The fraction of sp³-hybridized carbons (Fsp3) is 0.417. The summed E-state index contributed by atoms with van der Waals surface area (Å²) in [4.78, 5) is 4.21. The molecular formula is C12H16N2. The van der Waals surface area contributed by atoms with Crippen molar-refractivity contribution >= 4 is 5.82 Å². The van der Waals surface area contributed by atoms with Gasteiger partial charge in [-0.25, -0.2) is 4.98 Å². The van der Waals surface area contributed by atoms with E-state index in [-0.39, 0.29) is 0 Å². The van der Waals surface area contributed by atoms with Crippen molar-refractivity contribution in [1.82, 2.24) is 4.98 Å². The highest BCUT2D eigenvalue weighted by Gasteiger charge is 1.92. The van der Waals surface area contributed by atoms with Gasteiger partial charge in [0.1, 0.15) is 5.82 Å². The molecule has 1 N–H and O–H groups in total. The first-order valence-corrected chi connectivity index (χ1v) is 4.93. The molecule has 0 saturated carbocycles. The van der Waals surface area contributed by atoms with Gasteiger partial charge in [-0.1, -0.05) is 0 Å². The zero-order valence-electron chi connectivity index (χ0n) is 8.59. The van der Waals surface area contributed by atoms with Crippen LogP contribution in [0.4, 0.5) is 5.82 Å². The summed E-state index contributed by atoms with van der Waals surface area (Å²) in [6, 6.07) is 4.03. The summed E-state index contributed by atoms with van der Waals surface area (Å²) < 4.78 is 0. The summed E-state index contributed by atoms with van der Waals surface area (Å²) in [5.41, 5.74) is 1.23. The number of nitrogens with one attached hydrogen (secondary N) is 1. The molecule has 0 aliphatic carbocycles. The highest BCUT2D eigenvalue weighted by molar-refractivity contribution is 5.36. The molecule has 1 aromatic heterocycles. The number of hydrogen-bond acceptors (Lipinski definition) is 2. The quantitative estimate of drug-likeness (QED) is 0.567. The molecule has 0 bridgehead atoms. The number of hydrogen-bond donors (Lipinski definition) is 1. The normalized spacial score (nSPS) is 9.43. The van der Waals surface area contributed by atoms with Crippen LogP contribution in [-0.2, 0) is 0 Å². The molecule has 0 aliphatic rings. The summed E-state index contributed by atoms with van der Waals surface area (Å²) in [7, 11) is 0. The third kappa shape index (κ3) is 3.95. The Hall–Kier alpha value is -1.49. The molecule has 14 heavy (non-hydrogen) atoms. The molecule has 1 heterocycles. The maximum Gasteiger partial charge on any atom is 0.126 e. The van der Waals surface area contributed by atoms with Crippen molar-refractivity contribution in [3.8, 4) is 12.3 Å². The molecule has 0 amide bonds. The lowest BCUT2D eigenvalue weighted by Crippen LogP contribution is -2.02. The Bertz CT molecular complexity index is 312. The average Bonchev–Trinajstić information content (AvgIpc) is 2.18. The Morgan fingerprint density at radius 2 is 2.36 bits per heavy atom. The van der Waals surface area contributed by atoms with Crippen molar-refractivity contribution in [2.24, 2.45) is 0 Å². The van der Waals surface area contributed by atoms with Gasteiger partial charge in [0.15, 0.2) is 0 Å². The summed E-state index contributed by atoms with van der Waals surface area (Å²) in [5, 5.41) is 3.26. The van der Waals surface area contributed by atoms with Crippen LogP contribution in [0.3, 0.4) is 0 Å². The Kier molecular flexibility index (Phi) is 4.57. The fourth-order valence-electron chi connectivity index (χ4n) is 1.20. The molecule has 1 rings (SSSR count). The van der Waals surface area contributed by atoms with Crippen LogP contribution in [0.25, 0.3) is 0 Å². The van der Waals surface area contributed by atoms with E-state index in [2.05, 4.69) is 23.1 Å². The zero-order valence-corrected chi connectivity index (χ0v) is 8.59. The lowest BCUT2D eigenvalue weighted by atomic mass is 10.2. The topological polar surface area (TPSA) is 24.9 Å². The Morgan fingerprint density at radius 1 is 1.50 bits per heavy atom. The predicted octanol–water partition coefficient (Wildman–Crippen LogP) is 2.61. The SMILES string of the molecule is C#CCCCCNc1cc(C)ccn1. The van der Waals surface area contributed by atoms with Crippen LogP contribution in [0.5, 0.6) is 0 Å². The number of anilines is 1. The Balaban J connectivity index is 2.22. The monoisotopic (exact) mass is 188 g/mol.